The summed E-state index contributed by atoms with van der Waals surface area (Å²) in [4.78, 5) is 3.96. The molecule has 2 unspecified atom stereocenters. The second-order valence-corrected chi connectivity index (χ2v) is 4.97. The van der Waals surface area contributed by atoms with Crippen LogP contribution in [0.1, 0.15) is 5.56 Å². The van der Waals surface area contributed by atoms with Crippen LogP contribution in [-0.2, 0) is 10.3 Å². The van der Waals surface area contributed by atoms with Crippen molar-refractivity contribution in [3.63, 3.8) is 0 Å². The Morgan fingerprint density at radius 1 is 1.30 bits per heavy atom. The number of halogens is 1. The van der Waals surface area contributed by atoms with Crippen molar-refractivity contribution in [3.8, 4) is 0 Å². The van der Waals surface area contributed by atoms with E-state index >= 15 is 0 Å². The first-order chi connectivity index (χ1) is 9.45. The van der Waals surface area contributed by atoms with E-state index < -0.39 is 36.4 Å². The van der Waals surface area contributed by atoms with Gasteiger partial charge in [-0.3, -0.25) is 4.99 Å². The zero-order valence-electron chi connectivity index (χ0n) is 10.3. The van der Waals surface area contributed by atoms with Crippen LogP contribution in [0.2, 0.25) is 0 Å². The average Bonchev–Trinajstić information content (AvgIpc) is 2.92. The van der Waals surface area contributed by atoms with Crippen molar-refractivity contribution in [2.24, 2.45) is 4.99 Å². The fourth-order valence-corrected chi connectivity index (χ4v) is 2.84. The maximum atomic E-state index is 13.5. The molecule has 1 saturated heterocycles. The van der Waals surface area contributed by atoms with Crippen LogP contribution in [0.4, 0.5) is 10.1 Å². The average molecular weight is 283 g/mol. The third kappa shape index (κ3) is 1.46. The minimum Gasteiger partial charge on any atom is -0.394 e. The van der Waals surface area contributed by atoms with Gasteiger partial charge >= 0.3 is 0 Å². The lowest BCUT2D eigenvalue weighted by molar-refractivity contribution is -0.184. The van der Waals surface area contributed by atoms with Crippen molar-refractivity contribution in [2.45, 2.75) is 29.8 Å². The van der Waals surface area contributed by atoms with Crippen LogP contribution >= 0.6 is 0 Å². The number of aliphatic hydroxyl groups is 4. The van der Waals surface area contributed by atoms with E-state index in [0.717, 1.165) is 6.21 Å². The molecule has 0 aliphatic carbocycles. The highest BCUT2D eigenvalue weighted by Gasteiger charge is 2.67. The summed E-state index contributed by atoms with van der Waals surface area (Å²) >= 11 is 0. The molecular formula is C13H14FNO5. The van der Waals surface area contributed by atoms with Crippen molar-refractivity contribution in [3.05, 3.63) is 29.8 Å². The number of ether oxygens (including phenoxy) is 1. The highest BCUT2D eigenvalue weighted by atomic mass is 19.1. The fourth-order valence-electron chi connectivity index (χ4n) is 2.84. The summed E-state index contributed by atoms with van der Waals surface area (Å²) < 4.78 is 18.2. The minimum absolute atomic E-state index is 0.220. The van der Waals surface area contributed by atoms with Gasteiger partial charge in [0.25, 0.3) is 0 Å². The lowest BCUT2D eigenvalue weighted by atomic mass is 9.73. The number of aliphatic imine (C=N–C) groups is 1. The van der Waals surface area contributed by atoms with E-state index in [2.05, 4.69) is 4.99 Å². The zero-order chi connectivity index (χ0) is 14.5. The Balaban J connectivity index is 2.14. The molecule has 2 aliphatic rings. The Bertz CT molecular complexity index is 567. The Kier molecular flexibility index (Phi) is 2.93. The van der Waals surface area contributed by atoms with Gasteiger partial charge in [0.15, 0.2) is 11.2 Å². The molecule has 5 atom stereocenters. The molecule has 2 aliphatic heterocycles. The summed E-state index contributed by atoms with van der Waals surface area (Å²) in [7, 11) is 0. The lowest BCUT2D eigenvalue weighted by Crippen LogP contribution is -2.64. The van der Waals surface area contributed by atoms with Crippen LogP contribution in [0.5, 0.6) is 0 Å². The zero-order valence-corrected chi connectivity index (χ0v) is 10.3. The van der Waals surface area contributed by atoms with E-state index in [1.54, 1.807) is 18.2 Å². The van der Waals surface area contributed by atoms with Crippen LogP contribution in [0.15, 0.2) is 29.3 Å². The van der Waals surface area contributed by atoms with Gasteiger partial charge in [-0.1, -0.05) is 18.2 Å². The number of alkyl halides is 1. The van der Waals surface area contributed by atoms with Gasteiger partial charge in [0.05, 0.1) is 12.3 Å². The van der Waals surface area contributed by atoms with Crippen molar-refractivity contribution in [2.75, 3.05) is 6.61 Å². The number of hydrogen-bond acceptors (Lipinski definition) is 6. The van der Waals surface area contributed by atoms with Gasteiger partial charge in [-0.2, -0.15) is 0 Å². The number of hydrogen-bond donors (Lipinski definition) is 4. The van der Waals surface area contributed by atoms with Crippen LogP contribution in [0.25, 0.3) is 0 Å². The minimum atomic E-state index is -2.43. The molecule has 1 fully saturated rings. The molecule has 4 N–H and O–H groups in total. The largest absolute Gasteiger partial charge is 0.394 e. The van der Waals surface area contributed by atoms with Crippen LogP contribution in [0, 0.1) is 0 Å². The summed E-state index contributed by atoms with van der Waals surface area (Å²) in [5.41, 5.74) is -3.96. The Morgan fingerprint density at radius 2 is 2.00 bits per heavy atom. The number of para-hydroxylation sites is 1. The van der Waals surface area contributed by atoms with E-state index in [0.29, 0.717) is 5.69 Å². The van der Waals surface area contributed by atoms with E-state index in [-0.39, 0.29) is 5.56 Å². The molecule has 0 spiro atoms. The molecule has 0 saturated carbocycles. The monoisotopic (exact) mass is 283 g/mol. The quantitative estimate of drug-likeness (QED) is 0.579. The second-order valence-electron chi connectivity index (χ2n) is 4.97. The topological polar surface area (TPSA) is 103 Å². The number of benzene rings is 1. The number of rotatable bonds is 2. The van der Waals surface area contributed by atoms with Crippen LogP contribution < -0.4 is 0 Å². The first-order valence-corrected chi connectivity index (χ1v) is 6.13. The van der Waals surface area contributed by atoms with Crippen molar-refractivity contribution >= 4 is 11.9 Å². The Morgan fingerprint density at radius 3 is 2.70 bits per heavy atom. The van der Waals surface area contributed by atoms with Gasteiger partial charge in [0.2, 0.25) is 6.36 Å². The van der Waals surface area contributed by atoms with Crippen molar-refractivity contribution < 1.29 is 29.6 Å². The SMILES string of the molecule is OC[C@H]1OC(F)[C@H](O)[C@@]1(O)C1(O)C=Nc2ccccc21. The molecule has 3 rings (SSSR count). The summed E-state index contributed by atoms with van der Waals surface area (Å²) in [6.07, 6.45) is -4.66. The second kappa shape index (κ2) is 4.31. The summed E-state index contributed by atoms with van der Waals surface area (Å²) in [6, 6.07) is 6.42. The lowest BCUT2D eigenvalue weighted by Gasteiger charge is -2.40. The molecule has 2 heterocycles. The fraction of sp³-hybridized carbons (Fsp3) is 0.462. The molecule has 6 nitrogen and oxygen atoms in total. The molecule has 108 valence electrons. The summed E-state index contributed by atoms with van der Waals surface area (Å²) in [5, 5.41) is 40.6. The normalized spacial score (nSPS) is 43.0. The predicted molar refractivity (Wildman–Crippen MR) is 66.3 cm³/mol. The van der Waals surface area contributed by atoms with Crippen molar-refractivity contribution in [1.82, 2.24) is 0 Å². The van der Waals surface area contributed by atoms with Crippen LogP contribution in [0.3, 0.4) is 0 Å². The van der Waals surface area contributed by atoms with Crippen LogP contribution in [-0.4, -0.2) is 57.4 Å². The van der Waals surface area contributed by atoms with Gasteiger partial charge in [-0.15, -0.1) is 0 Å². The maximum Gasteiger partial charge on any atom is 0.228 e. The van der Waals surface area contributed by atoms with E-state index in [9.17, 15) is 24.8 Å². The molecule has 0 radical (unpaired) electrons. The van der Waals surface area contributed by atoms with Gasteiger partial charge < -0.3 is 25.2 Å². The van der Waals surface area contributed by atoms with E-state index in [1.165, 1.54) is 6.07 Å². The standard InChI is InChI=1S/C13H14FNO5/c14-11-10(17)13(19,9(5-16)20-11)12(18)6-15-8-4-2-1-3-7(8)12/h1-4,6,9-11,16-19H,5H2/t9-,10+,11?,12?,13-/m1/s1. The van der Waals surface area contributed by atoms with E-state index in [1.807, 2.05) is 0 Å². The predicted octanol–water partition coefficient (Wildman–Crippen LogP) is -0.631. The molecule has 0 aromatic heterocycles. The molecule has 0 amide bonds. The third-order valence-corrected chi connectivity index (χ3v) is 3.97. The van der Waals surface area contributed by atoms with Crippen molar-refractivity contribution in [1.29, 1.82) is 0 Å². The van der Waals surface area contributed by atoms with Gasteiger partial charge in [-0.05, 0) is 6.07 Å². The highest BCUT2D eigenvalue weighted by Crippen LogP contribution is 2.49. The third-order valence-electron chi connectivity index (χ3n) is 3.97. The molecule has 0 bridgehead atoms. The van der Waals surface area contributed by atoms with E-state index in [4.69, 9.17) is 4.74 Å². The first kappa shape index (κ1) is 13.6. The Labute approximate surface area is 113 Å². The molecule has 1 aromatic carbocycles. The maximum absolute atomic E-state index is 13.5. The smallest absolute Gasteiger partial charge is 0.228 e. The molecule has 20 heavy (non-hydrogen) atoms. The first-order valence-electron chi connectivity index (χ1n) is 6.13. The Hall–Kier alpha value is -1.38. The number of aliphatic hydroxyl groups excluding tert-OH is 2. The summed E-state index contributed by atoms with van der Waals surface area (Å²) in [6.45, 7) is -0.758. The van der Waals surface area contributed by atoms with Gasteiger partial charge in [-0.25, -0.2) is 4.39 Å². The van der Waals surface area contributed by atoms with Gasteiger partial charge in [0, 0.05) is 11.8 Å². The number of nitrogens with zero attached hydrogens (tertiary/aromatic N) is 1. The molecular weight excluding hydrogens is 269 g/mol. The highest BCUT2D eigenvalue weighted by molar-refractivity contribution is 5.85. The molecule has 7 heteroatoms. The van der Waals surface area contributed by atoms with Gasteiger partial charge in [0.1, 0.15) is 12.2 Å². The number of fused-ring (bicyclic) bond motifs is 1. The molecule has 1 aromatic rings. The summed E-state index contributed by atoms with van der Waals surface area (Å²) in [5.74, 6) is 0.